The zero-order valence-corrected chi connectivity index (χ0v) is 14.0. The van der Waals surface area contributed by atoms with Gasteiger partial charge in [0.1, 0.15) is 0 Å². The third-order valence-corrected chi connectivity index (χ3v) is 5.20. The van der Waals surface area contributed by atoms with Gasteiger partial charge in [-0.25, -0.2) is 4.68 Å². The van der Waals surface area contributed by atoms with Gasteiger partial charge in [-0.2, -0.15) is 0 Å². The lowest BCUT2D eigenvalue weighted by Crippen LogP contribution is -2.36. The fourth-order valence-electron chi connectivity index (χ4n) is 3.76. The van der Waals surface area contributed by atoms with Crippen LogP contribution in [0, 0.1) is 6.92 Å². The Kier molecular flexibility index (Phi) is 4.06. The Bertz CT molecular complexity index is 748. The maximum Gasteiger partial charge on any atom is 0.276 e. The standard InChI is InChI=1S/C18H23N5O/c1-13-17(20-21-23(13)16-6-9-19-10-7-16)18(24)22-11-8-14-4-2-3-5-15(14)12-22/h2-5,16,19H,6-12H2,1H3. The van der Waals surface area contributed by atoms with Crippen LogP contribution in [0.3, 0.4) is 0 Å². The molecule has 0 spiro atoms. The third-order valence-electron chi connectivity index (χ3n) is 5.20. The molecular formula is C18H23N5O. The van der Waals surface area contributed by atoms with E-state index < -0.39 is 0 Å². The number of nitrogens with one attached hydrogen (secondary N) is 1. The highest BCUT2D eigenvalue weighted by molar-refractivity contribution is 5.93. The zero-order valence-electron chi connectivity index (χ0n) is 14.0. The molecule has 3 heterocycles. The van der Waals surface area contributed by atoms with Crippen molar-refractivity contribution in [2.45, 2.75) is 38.8 Å². The van der Waals surface area contributed by atoms with E-state index in [1.54, 1.807) is 0 Å². The highest BCUT2D eigenvalue weighted by atomic mass is 16.2. The molecule has 1 fully saturated rings. The lowest BCUT2D eigenvalue weighted by Gasteiger charge is -2.28. The molecule has 0 radical (unpaired) electrons. The summed E-state index contributed by atoms with van der Waals surface area (Å²) in [6.45, 7) is 5.36. The summed E-state index contributed by atoms with van der Waals surface area (Å²) in [5.74, 6) is 0.00203. The summed E-state index contributed by atoms with van der Waals surface area (Å²) in [6.07, 6.45) is 2.98. The minimum absolute atomic E-state index is 0.00203. The average molecular weight is 325 g/mol. The van der Waals surface area contributed by atoms with Crippen LogP contribution in [0.2, 0.25) is 0 Å². The number of carbonyl (C=O) groups is 1. The van der Waals surface area contributed by atoms with Crippen LogP contribution in [0.5, 0.6) is 0 Å². The summed E-state index contributed by atoms with van der Waals surface area (Å²) in [6, 6.07) is 8.70. The summed E-state index contributed by atoms with van der Waals surface area (Å²) in [7, 11) is 0. The number of benzene rings is 1. The van der Waals surface area contributed by atoms with Crippen molar-refractivity contribution in [2.75, 3.05) is 19.6 Å². The van der Waals surface area contributed by atoms with E-state index >= 15 is 0 Å². The van der Waals surface area contributed by atoms with E-state index in [1.165, 1.54) is 11.1 Å². The molecule has 1 aromatic carbocycles. The molecule has 2 aromatic rings. The average Bonchev–Trinajstić information content (AvgIpc) is 3.03. The molecule has 2 aliphatic rings. The Labute approximate surface area is 141 Å². The van der Waals surface area contributed by atoms with E-state index in [4.69, 9.17) is 0 Å². The first-order valence-corrected chi connectivity index (χ1v) is 8.72. The second-order valence-corrected chi connectivity index (χ2v) is 6.69. The zero-order chi connectivity index (χ0) is 16.5. The Hall–Kier alpha value is -2.21. The van der Waals surface area contributed by atoms with Crippen molar-refractivity contribution in [2.24, 2.45) is 0 Å². The fourth-order valence-corrected chi connectivity index (χ4v) is 3.76. The van der Waals surface area contributed by atoms with E-state index in [-0.39, 0.29) is 5.91 Å². The first-order valence-electron chi connectivity index (χ1n) is 8.72. The van der Waals surface area contributed by atoms with Crippen molar-refractivity contribution in [1.82, 2.24) is 25.2 Å². The Morgan fingerprint density at radius 1 is 1.21 bits per heavy atom. The molecule has 0 aliphatic carbocycles. The van der Waals surface area contributed by atoms with Gasteiger partial charge in [0.25, 0.3) is 5.91 Å². The fraction of sp³-hybridized carbons (Fsp3) is 0.500. The van der Waals surface area contributed by atoms with E-state index in [1.807, 2.05) is 22.6 Å². The van der Waals surface area contributed by atoms with Gasteiger partial charge < -0.3 is 10.2 Å². The van der Waals surface area contributed by atoms with Crippen molar-refractivity contribution >= 4 is 5.91 Å². The highest BCUT2D eigenvalue weighted by Gasteiger charge is 2.27. The van der Waals surface area contributed by atoms with E-state index in [9.17, 15) is 4.79 Å². The number of fused-ring (bicyclic) bond motifs is 1. The minimum Gasteiger partial charge on any atom is -0.333 e. The maximum atomic E-state index is 12.9. The van der Waals surface area contributed by atoms with Crippen molar-refractivity contribution in [1.29, 1.82) is 0 Å². The highest BCUT2D eigenvalue weighted by Crippen LogP contribution is 2.23. The summed E-state index contributed by atoms with van der Waals surface area (Å²) >= 11 is 0. The number of piperidine rings is 1. The maximum absolute atomic E-state index is 12.9. The van der Waals surface area contributed by atoms with Gasteiger partial charge in [-0.15, -0.1) is 5.10 Å². The summed E-state index contributed by atoms with van der Waals surface area (Å²) in [4.78, 5) is 14.8. The van der Waals surface area contributed by atoms with Crippen LogP contribution in [0.4, 0.5) is 0 Å². The molecule has 2 aliphatic heterocycles. The summed E-state index contributed by atoms with van der Waals surface area (Å²) < 4.78 is 1.95. The van der Waals surface area contributed by atoms with E-state index in [0.29, 0.717) is 18.3 Å². The van der Waals surface area contributed by atoms with E-state index in [2.05, 4.69) is 33.8 Å². The normalized spacial score (nSPS) is 18.5. The number of hydrogen-bond donors (Lipinski definition) is 1. The first kappa shape index (κ1) is 15.3. The molecule has 0 atom stereocenters. The summed E-state index contributed by atoms with van der Waals surface area (Å²) in [5.41, 5.74) is 3.98. The molecule has 4 rings (SSSR count). The Morgan fingerprint density at radius 3 is 2.75 bits per heavy atom. The second kappa shape index (κ2) is 6.36. The van der Waals surface area contributed by atoms with Gasteiger partial charge in [0.2, 0.25) is 0 Å². The van der Waals surface area contributed by atoms with Crippen LogP contribution in [0.15, 0.2) is 24.3 Å². The third kappa shape index (κ3) is 2.71. The minimum atomic E-state index is 0.00203. The van der Waals surface area contributed by atoms with Gasteiger partial charge in [-0.05, 0) is 50.4 Å². The first-order chi connectivity index (χ1) is 11.7. The largest absolute Gasteiger partial charge is 0.333 e. The number of nitrogens with zero attached hydrogens (tertiary/aromatic N) is 4. The SMILES string of the molecule is Cc1c(C(=O)N2CCc3ccccc3C2)nnn1C1CCNCC1. The van der Waals surface area contributed by atoms with Crippen LogP contribution in [-0.2, 0) is 13.0 Å². The van der Waals surface area contributed by atoms with Gasteiger partial charge in [0.05, 0.1) is 11.7 Å². The van der Waals surface area contributed by atoms with Crippen LogP contribution in [-0.4, -0.2) is 45.4 Å². The lowest BCUT2D eigenvalue weighted by molar-refractivity contribution is 0.0727. The molecule has 1 N–H and O–H groups in total. The molecule has 6 nitrogen and oxygen atoms in total. The van der Waals surface area contributed by atoms with Crippen molar-refractivity contribution in [3.05, 3.63) is 46.8 Å². The quantitative estimate of drug-likeness (QED) is 0.913. The Morgan fingerprint density at radius 2 is 1.96 bits per heavy atom. The predicted octanol–water partition coefficient (Wildman–Crippen LogP) is 1.71. The molecule has 0 unspecified atom stereocenters. The number of rotatable bonds is 2. The molecule has 0 bridgehead atoms. The molecule has 1 saturated heterocycles. The molecule has 6 heteroatoms. The smallest absolute Gasteiger partial charge is 0.276 e. The van der Waals surface area contributed by atoms with Gasteiger partial charge >= 0.3 is 0 Å². The molecule has 24 heavy (non-hydrogen) atoms. The molecule has 0 saturated carbocycles. The number of aromatic nitrogens is 3. The predicted molar refractivity (Wildman–Crippen MR) is 90.8 cm³/mol. The molecular weight excluding hydrogens is 302 g/mol. The van der Waals surface area contributed by atoms with Gasteiger partial charge in [-0.1, -0.05) is 29.5 Å². The van der Waals surface area contributed by atoms with Crippen molar-refractivity contribution < 1.29 is 4.79 Å². The van der Waals surface area contributed by atoms with Crippen LogP contribution in [0.25, 0.3) is 0 Å². The van der Waals surface area contributed by atoms with Gasteiger partial charge in [-0.3, -0.25) is 4.79 Å². The van der Waals surface area contributed by atoms with Gasteiger partial charge in [0, 0.05) is 13.1 Å². The van der Waals surface area contributed by atoms with Crippen LogP contribution in [0.1, 0.15) is 46.2 Å². The molecule has 126 valence electrons. The van der Waals surface area contributed by atoms with Crippen molar-refractivity contribution in [3.63, 3.8) is 0 Å². The van der Waals surface area contributed by atoms with E-state index in [0.717, 1.165) is 44.6 Å². The number of hydrogen-bond acceptors (Lipinski definition) is 4. The number of carbonyl (C=O) groups excluding carboxylic acids is 1. The molecule has 1 amide bonds. The van der Waals surface area contributed by atoms with Crippen LogP contribution >= 0.6 is 0 Å². The van der Waals surface area contributed by atoms with Crippen LogP contribution < -0.4 is 5.32 Å². The molecule has 1 aromatic heterocycles. The summed E-state index contributed by atoms with van der Waals surface area (Å²) in [5, 5.41) is 11.9. The number of amides is 1. The van der Waals surface area contributed by atoms with Crippen molar-refractivity contribution in [3.8, 4) is 0 Å². The lowest BCUT2D eigenvalue weighted by atomic mass is 9.99. The monoisotopic (exact) mass is 325 g/mol. The second-order valence-electron chi connectivity index (χ2n) is 6.69. The Balaban J connectivity index is 1.54. The van der Waals surface area contributed by atoms with Gasteiger partial charge in [0.15, 0.2) is 5.69 Å². The topological polar surface area (TPSA) is 63.1 Å².